The molecule has 0 aromatic heterocycles. The van der Waals surface area contributed by atoms with Gasteiger partial charge < -0.3 is 0 Å². The Morgan fingerprint density at radius 2 is 1.29 bits per heavy atom. The molecule has 1 unspecified atom stereocenters. The third kappa shape index (κ3) is 3.96. The van der Waals surface area contributed by atoms with Crippen molar-refractivity contribution >= 4 is 30.7 Å². The minimum absolute atomic E-state index is 0.872. The quantitative estimate of drug-likeness (QED) is 0.275. The normalized spacial score (nSPS) is 17.1. The van der Waals surface area contributed by atoms with Gasteiger partial charge in [-0.3, -0.25) is 0 Å². The number of alkyl halides is 8. The second kappa shape index (κ2) is 4.86. The lowest BCUT2D eigenvalue weighted by Gasteiger charge is -2.32. The summed E-state index contributed by atoms with van der Waals surface area (Å²) in [7, 11) is -2.20. The van der Waals surface area contributed by atoms with E-state index in [9.17, 15) is 30.7 Å². The van der Waals surface area contributed by atoms with Crippen molar-refractivity contribution in [2.75, 3.05) is 0 Å². The van der Waals surface area contributed by atoms with Crippen LogP contribution >= 0.6 is 22.6 Å². The molecule has 0 aromatic rings. The fraction of sp³-hybridized carbons (Fsp3) is 1.00. The van der Waals surface area contributed by atoms with Gasteiger partial charge in [0, 0.05) is 9.97 Å². The smallest absolute Gasteiger partial charge is 0.199 e. The predicted molar refractivity (Wildman–Crippen MR) is 61.7 cm³/mol. The van der Waals surface area contributed by atoms with Gasteiger partial charge in [0.25, 0.3) is 0 Å². The first-order valence-corrected chi connectivity index (χ1v) is 9.41. The first kappa shape index (κ1) is 17.5. The second-order valence-corrected chi connectivity index (χ2v) is 12.9. The van der Waals surface area contributed by atoms with Crippen LogP contribution in [-0.4, -0.2) is 29.6 Å². The van der Waals surface area contributed by atoms with Gasteiger partial charge in [-0.05, 0) is 0 Å². The third-order valence-corrected chi connectivity index (χ3v) is 10.3. The summed E-state index contributed by atoms with van der Waals surface area (Å²) in [6.45, 7) is 4.89. The van der Waals surface area contributed by atoms with Crippen LogP contribution < -0.4 is 0 Å². The molecular weight excluding hydrogens is 384 g/mol. The molecule has 9 heteroatoms. The van der Waals surface area contributed by atoms with Gasteiger partial charge in [-0.2, -0.15) is 30.7 Å². The molecule has 17 heavy (non-hydrogen) atoms. The van der Waals surface area contributed by atoms with E-state index in [0.717, 1.165) is 0 Å². The van der Waals surface area contributed by atoms with Gasteiger partial charge in [0.15, 0.2) is 0 Å². The van der Waals surface area contributed by atoms with Crippen LogP contribution in [0.1, 0.15) is 6.42 Å². The van der Waals surface area contributed by atoms with Crippen molar-refractivity contribution in [1.82, 2.24) is 0 Å². The Morgan fingerprint density at radius 1 is 0.941 bits per heavy atom. The minimum atomic E-state index is -6.23. The molecule has 0 saturated heterocycles. The molecule has 0 saturated carbocycles. The molecule has 0 rings (SSSR count). The molecule has 0 fully saturated rings. The Hall–Kier alpha value is 0.457. The number of halogens is 8. The van der Waals surface area contributed by atoms with Crippen LogP contribution in [0.2, 0.25) is 19.6 Å². The van der Waals surface area contributed by atoms with Crippen LogP contribution in [0.3, 0.4) is 0 Å². The van der Waals surface area contributed by atoms with Crippen LogP contribution in [-0.2, 0) is 0 Å². The highest BCUT2D eigenvalue weighted by Gasteiger charge is 2.73. The van der Waals surface area contributed by atoms with Crippen LogP contribution in [0.25, 0.3) is 0 Å². The SMILES string of the molecule is C[Si](C)(C)C(I)CC(F)(F)C(F)(F)C(F)(F)F. The number of rotatable bonds is 4. The largest absolute Gasteiger partial charge is 0.459 e. The molecule has 0 heterocycles. The zero-order valence-electron chi connectivity index (χ0n) is 9.31. The van der Waals surface area contributed by atoms with E-state index in [1.807, 2.05) is 0 Å². The Labute approximate surface area is 109 Å². The summed E-state index contributed by atoms with van der Waals surface area (Å²) in [5.41, 5.74) is 0. The Bertz CT molecular complexity index is 268. The maximum Gasteiger partial charge on any atom is 0.459 e. The van der Waals surface area contributed by atoms with Crippen molar-refractivity contribution in [3.63, 3.8) is 0 Å². The van der Waals surface area contributed by atoms with E-state index in [0.29, 0.717) is 0 Å². The Balaban J connectivity index is 5.04. The summed E-state index contributed by atoms with van der Waals surface area (Å²) >= 11 is 1.52. The highest BCUT2D eigenvalue weighted by Crippen LogP contribution is 2.49. The van der Waals surface area contributed by atoms with Gasteiger partial charge in [-0.25, -0.2) is 0 Å². The lowest BCUT2D eigenvalue weighted by Crippen LogP contribution is -2.54. The van der Waals surface area contributed by atoms with Crippen LogP contribution in [0.4, 0.5) is 30.7 Å². The van der Waals surface area contributed by atoms with E-state index in [-0.39, 0.29) is 0 Å². The fourth-order valence-electron chi connectivity index (χ4n) is 0.867. The molecule has 0 N–H and O–H groups in total. The van der Waals surface area contributed by atoms with E-state index in [1.165, 1.54) is 22.6 Å². The van der Waals surface area contributed by atoms with Crippen LogP contribution in [0.5, 0.6) is 0 Å². The average Bonchev–Trinajstić information content (AvgIpc) is 1.98. The first-order valence-electron chi connectivity index (χ1n) is 4.59. The predicted octanol–water partition coefficient (Wildman–Crippen LogP) is 4.89. The molecule has 0 radical (unpaired) electrons. The molecule has 0 aliphatic heterocycles. The fourth-order valence-corrected chi connectivity index (χ4v) is 2.29. The van der Waals surface area contributed by atoms with Crippen molar-refractivity contribution in [3.8, 4) is 0 Å². The van der Waals surface area contributed by atoms with Gasteiger partial charge in [0.2, 0.25) is 0 Å². The van der Waals surface area contributed by atoms with Crippen molar-refractivity contribution in [2.45, 2.75) is 47.6 Å². The van der Waals surface area contributed by atoms with Crippen LogP contribution in [0, 0.1) is 0 Å². The van der Waals surface area contributed by atoms with E-state index < -0.39 is 36.1 Å². The lowest BCUT2D eigenvalue weighted by molar-refractivity contribution is -0.354. The van der Waals surface area contributed by atoms with Crippen molar-refractivity contribution in [1.29, 1.82) is 0 Å². The summed E-state index contributed by atoms with van der Waals surface area (Å²) in [4.78, 5) is 0. The third-order valence-electron chi connectivity index (χ3n) is 2.19. The highest BCUT2D eigenvalue weighted by atomic mass is 127. The van der Waals surface area contributed by atoms with E-state index in [1.54, 1.807) is 19.6 Å². The molecule has 0 amide bonds. The molecule has 0 bridgehead atoms. The highest BCUT2D eigenvalue weighted by molar-refractivity contribution is 14.1. The molecule has 0 aromatic carbocycles. The Kier molecular flexibility index (Phi) is 4.99. The van der Waals surface area contributed by atoms with Gasteiger partial charge >= 0.3 is 18.0 Å². The van der Waals surface area contributed by atoms with Gasteiger partial charge in [-0.15, -0.1) is 0 Å². The van der Waals surface area contributed by atoms with Crippen LogP contribution in [0.15, 0.2) is 0 Å². The molecular formula is C8H12F7ISi. The monoisotopic (exact) mass is 396 g/mol. The standard InChI is InChI=1S/C8H12F7ISi/c1-17(2,3)5(16)4-6(9,10)7(11,12)8(13,14)15/h5H,4H2,1-3H3. The molecule has 104 valence electrons. The molecule has 0 nitrogen and oxygen atoms in total. The zero-order valence-corrected chi connectivity index (χ0v) is 12.5. The molecule has 0 spiro atoms. The summed E-state index contributed by atoms with van der Waals surface area (Å²) in [5.74, 6) is -11.1. The van der Waals surface area contributed by atoms with E-state index in [2.05, 4.69) is 0 Å². The zero-order chi connectivity index (χ0) is 14.3. The van der Waals surface area contributed by atoms with Gasteiger partial charge in [0.05, 0.1) is 8.07 Å². The number of hydrogen-bond donors (Lipinski definition) is 0. The summed E-state index contributed by atoms with van der Waals surface area (Å²) in [5, 5.41) is 0. The van der Waals surface area contributed by atoms with Gasteiger partial charge in [-0.1, -0.05) is 42.2 Å². The van der Waals surface area contributed by atoms with E-state index >= 15 is 0 Å². The van der Waals surface area contributed by atoms with Crippen molar-refractivity contribution in [2.24, 2.45) is 0 Å². The van der Waals surface area contributed by atoms with Crippen molar-refractivity contribution in [3.05, 3.63) is 0 Å². The Morgan fingerprint density at radius 3 is 1.53 bits per heavy atom. The second-order valence-electron chi connectivity index (χ2n) is 4.81. The summed E-state index contributed by atoms with van der Waals surface area (Å²) in [6, 6.07) is 0. The molecule has 0 aliphatic carbocycles. The summed E-state index contributed by atoms with van der Waals surface area (Å²) in [6.07, 6.45) is -7.69. The topological polar surface area (TPSA) is 0 Å². The summed E-state index contributed by atoms with van der Waals surface area (Å²) < 4.78 is 85.9. The van der Waals surface area contributed by atoms with Gasteiger partial charge in [0.1, 0.15) is 0 Å². The first-order chi connectivity index (χ1) is 7.13. The maximum absolute atomic E-state index is 13.0. The van der Waals surface area contributed by atoms with E-state index in [4.69, 9.17) is 0 Å². The molecule has 0 aliphatic rings. The lowest BCUT2D eigenvalue weighted by atomic mass is 10.1. The molecule has 1 atom stereocenters. The number of hydrogen-bond acceptors (Lipinski definition) is 0. The maximum atomic E-state index is 13.0. The average molecular weight is 396 g/mol. The van der Waals surface area contributed by atoms with Crippen molar-refractivity contribution < 1.29 is 30.7 Å². The minimum Gasteiger partial charge on any atom is -0.199 e.